The van der Waals surface area contributed by atoms with Crippen LogP contribution in [0.15, 0.2) is 42.5 Å². The average Bonchev–Trinajstić information content (AvgIpc) is 3.42. The van der Waals surface area contributed by atoms with Crippen molar-refractivity contribution in [2.75, 3.05) is 26.6 Å². The second kappa shape index (κ2) is 8.76. The summed E-state index contributed by atoms with van der Waals surface area (Å²) in [6, 6.07) is 11.7. The molecule has 3 amide bonds. The van der Waals surface area contributed by atoms with Crippen LogP contribution in [0.5, 0.6) is 11.5 Å². The van der Waals surface area contributed by atoms with Gasteiger partial charge in [-0.15, -0.1) is 0 Å². The molecule has 1 N–H and O–H groups in total. The topological polar surface area (TPSA) is 94.2 Å². The number of carbonyl (C=O) groups excluding carboxylic acids is 3. The lowest BCUT2D eigenvalue weighted by molar-refractivity contribution is -0.126. The zero-order chi connectivity index (χ0) is 23.9. The van der Waals surface area contributed by atoms with Crippen LogP contribution in [0.1, 0.15) is 53.0 Å². The molecular weight excluding hydrogens is 436 g/mol. The molecule has 0 spiro atoms. The minimum absolute atomic E-state index is 0.196. The van der Waals surface area contributed by atoms with Gasteiger partial charge in [-0.3, -0.25) is 19.3 Å². The third kappa shape index (κ3) is 3.72. The summed E-state index contributed by atoms with van der Waals surface area (Å²) in [5.74, 6) is -0.0345. The maximum Gasteiger partial charge on any atom is 0.262 e. The number of nitrogens with zero attached hydrogens (tertiary/aromatic N) is 1. The highest BCUT2D eigenvalue weighted by atomic mass is 16.7. The van der Waals surface area contributed by atoms with Crippen molar-refractivity contribution in [3.05, 3.63) is 59.2 Å². The number of hydrogen-bond donors (Lipinski definition) is 1. The fourth-order valence-electron chi connectivity index (χ4n) is 5.10. The fourth-order valence-corrected chi connectivity index (χ4v) is 5.10. The molecule has 1 saturated heterocycles. The molecule has 0 aliphatic carbocycles. The van der Waals surface area contributed by atoms with E-state index in [0.29, 0.717) is 42.4 Å². The molecule has 8 heteroatoms. The van der Waals surface area contributed by atoms with Gasteiger partial charge in [-0.05, 0) is 48.6 Å². The van der Waals surface area contributed by atoms with Gasteiger partial charge < -0.3 is 19.5 Å². The Morgan fingerprint density at radius 2 is 1.65 bits per heavy atom. The minimum atomic E-state index is -0.902. The van der Waals surface area contributed by atoms with Crippen molar-refractivity contribution in [3.8, 4) is 11.5 Å². The summed E-state index contributed by atoms with van der Waals surface area (Å²) in [4.78, 5) is 40.7. The van der Waals surface area contributed by atoms with Gasteiger partial charge in [-0.2, -0.15) is 0 Å². The van der Waals surface area contributed by atoms with E-state index in [9.17, 15) is 14.4 Å². The van der Waals surface area contributed by atoms with Crippen LogP contribution in [0.2, 0.25) is 0 Å². The zero-order valence-corrected chi connectivity index (χ0v) is 19.3. The highest BCUT2D eigenvalue weighted by molar-refractivity contribution is 6.22. The number of amides is 3. The Labute approximate surface area is 198 Å². The standard InChI is InChI=1S/C26H28N2O6/c1-16(2)22(28-24(30)18-5-3-4-6-19(18)25(28)31)23(29)27-14-26(9-11-32-12-10-26)17-7-8-20-21(13-17)34-15-33-20/h3-8,13,16,22H,9-12,14-15H2,1-2H3,(H,27,29). The molecule has 1 atom stereocenters. The van der Waals surface area contributed by atoms with Crippen molar-refractivity contribution in [2.24, 2.45) is 5.92 Å². The monoisotopic (exact) mass is 464 g/mol. The average molecular weight is 465 g/mol. The number of imide groups is 1. The summed E-state index contributed by atoms with van der Waals surface area (Å²) >= 11 is 0. The Balaban J connectivity index is 1.38. The van der Waals surface area contributed by atoms with Crippen molar-refractivity contribution in [1.29, 1.82) is 0 Å². The second-order valence-corrected chi connectivity index (χ2v) is 9.39. The summed E-state index contributed by atoms with van der Waals surface area (Å²) in [7, 11) is 0. The van der Waals surface area contributed by atoms with Crippen LogP contribution in [0.3, 0.4) is 0 Å². The number of nitrogens with one attached hydrogen (secondary N) is 1. The number of fused-ring (bicyclic) bond motifs is 2. The van der Waals surface area contributed by atoms with Crippen LogP contribution in [0.4, 0.5) is 0 Å². The molecule has 2 aromatic rings. The SMILES string of the molecule is CC(C)C(C(=O)NCC1(c2ccc3c(c2)OCO3)CCOCC1)N1C(=O)c2ccccc2C1=O. The largest absolute Gasteiger partial charge is 0.454 e. The maximum absolute atomic E-state index is 13.5. The third-order valence-electron chi connectivity index (χ3n) is 7.04. The van der Waals surface area contributed by atoms with E-state index in [4.69, 9.17) is 14.2 Å². The Morgan fingerprint density at radius 3 is 2.29 bits per heavy atom. The van der Waals surface area contributed by atoms with Gasteiger partial charge in [0.25, 0.3) is 11.8 Å². The van der Waals surface area contributed by atoms with Crippen molar-refractivity contribution in [2.45, 2.75) is 38.1 Å². The van der Waals surface area contributed by atoms with Crippen molar-refractivity contribution >= 4 is 17.7 Å². The smallest absolute Gasteiger partial charge is 0.262 e. The normalized spacial score (nSPS) is 19.3. The minimum Gasteiger partial charge on any atom is -0.454 e. The lowest BCUT2D eigenvalue weighted by atomic mass is 9.74. The van der Waals surface area contributed by atoms with Crippen molar-refractivity contribution < 1.29 is 28.6 Å². The molecule has 2 aromatic carbocycles. The van der Waals surface area contributed by atoms with Crippen molar-refractivity contribution in [3.63, 3.8) is 0 Å². The molecule has 178 valence electrons. The fraction of sp³-hybridized carbons (Fsp3) is 0.423. The summed E-state index contributed by atoms with van der Waals surface area (Å²) in [5, 5.41) is 3.07. The van der Waals surface area contributed by atoms with Gasteiger partial charge in [0, 0.05) is 25.2 Å². The maximum atomic E-state index is 13.5. The van der Waals surface area contributed by atoms with E-state index in [0.717, 1.165) is 23.3 Å². The third-order valence-corrected chi connectivity index (χ3v) is 7.04. The summed E-state index contributed by atoms with van der Waals surface area (Å²) in [5.41, 5.74) is 1.37. The first kappa shape index (κ1) is 22.4. The molecule has 34 heavy (non-hydrogen) atoms. The van der Waals surface area contributed by atoms with Gasteiger partial charge in [0.05, 0.1) is 11.1 Å². The molecular formula is C26H28N2O6. The number of benzene rings is 2. The van der Waals surface area contributed by atoms with Crippen LogP contribution in [-0.2, 0) is 14.9 Å². The van der Waals surface area contributed by atoms with Crippen LogP contribution in [-0.4, -0.2) is 55.2 Å². The van der Waals surface area contributed by atoms with Crippen LogP contribution < -0.4 is 14.8 Å². The molecule has 0 radical (unpaired) electrons. The number of ether oxygens (including phenoxy) is 3. The lowest BCUT2D eigenvalue weighted by Crippen LogP contribution is -2.54. The molecule has 1 unspecified atom stereocenters. The lowest BCUT2D eigenvalue weighted by Gasteiger charge is -2.39. The van der Waals surface area contributed by atoms with E-state index in [1.807, 2.05) is 32.0 Å². The molecule has 3 heterocycles. The Bertz CT molecular complexity index is 1100. The quantitative estimate of drug-likeness (QED) is 0.661. The van der Waals surface area contributed by atoms with E-state index in [2.05, 4.69) is 5.32 Å². The Hall–Kier alpha value is -3.39. The Morgan fingerprint density at radius 1 is 1.00 bits per heavy atom. The van der Waals surface area contributed by atoms with E-state index >= 15 is 0 Å². The van der Waals surface area contributed by atoms with E-state index in [1.165, 1.54) is 0 Å². The van der Waals surface area contributed by atoms with Crippen LogP contribution in [0, 0.1) is 5.92 Å². The molecule has 5 rings (SSSR count). The van der Waals surface area contributed by atoms with E-state index in [-0.39, 0.29) is 24.0 Å². The molecule has 0 saturated carbocycles. The molecule has 0 aromatic heterocycles. The molecule has 3 aliphatic rings. The summed E-state index contributed by atoms with van der Waals surface area (Å²) < 4.78 is 16.6. The Kier molecular flexibility index (Phi) is 5.77. The zero-order valence-electron chi connectivity index (χ0n) is 19.3. The van der Waals surface area contributed by atoms with Gasteiger partial charge in [-0.25, -0.2) is 0 Å². The highest BCUT2D eigenvalue weighted by Crippen LogP contribution is 2.40. The summed E-state index contributed by atoms with van der Waals surface area (Å²) in [6.07, 6.45) is 1.46. The highest BCUT2D eigenvalue weighted by Gasteiger charge is 2.44. The summed E-state index contributed by atoms with van der Waals surface area (Å²) in [6.45, 7) is 5.40. The van der Waals surface area contributed by atoms with Gasteiger partial charge in [0.2, 0.25) is 12.7 Å². The van der Waals surface area contributed by atoms with Gasteiger partial charge in [0.1, 0.15) is 6.04 Å². The van der Waals surface area contributed by atoms with Crippen molar-refractivity contribution in [1.82, 2.24) is 10.2 Å². The number of rotatable bonds is 6. The van der Waals surface area contributed by atoms with Gasteiger partial charge in [0.15, 0.2) is 11.5 Å². The van der Waals surface area contributed by atoms with E-state index in [1.54, 1.807) is 24.3 Å². The number of hydrogen-bond acceptors (Lipinski definition) is 6. The van der Waals surface area contributed by atoms with Crippen LogP contribution in [0.25, 0.3) is 0 Å². The van der Waals surface area contributed by atoms with Gasteiger partial charge >= 0.3 is 0 Å². The predicted molar refractivity (Wildman–Crippen MR) is 123 cm³/mol. The van der Waals surface area contributed by atoms with Gasteiger partial charge in [-0.1, -0.05) is 32.0 Å². The predicted octanol–water partition coefficient (Wildman–Crippen LogP) is 2.90. The molecule has 1 fully saturated rings. The number of carbonyl (C=O) groups is 3. The first-order chi connectivity index (χ1) is 16.4. The first-order valence-corrected chi connectivity index (χ1v) is 11.6. The first-order valence-electron chi connectivity index (χ1n) is 11.6. The van der Waals surface area contributed by atoms with Crippen LogP contribution >= 0.6 is 0 Å². The molecule has 8 nitrogen and oxygen atoms in total. The molecule has 0 bridgehead atoms. The van der Waals surface area contributed by atoms with E-state index < -0.39 is 17.9 Å². The second-order valence-electron chi connectivity index (χ2n) is 9.39. The molecule has 3 aliphatic heterocycles.